The number of likely N-dealkylation sites (N-methyl/N-ethyl adjacent to an activating group) is 1. The summed E-state index contributed by atoms with van der Waals surface area (Å²) >= 11 is 0. The molecule has 1 saturated carbocycles. The number of aliphatic hydroxyl groups excluding tert-OH is 1. The van der Waals surface area contributed by atoms with Crippen LogP contribution in [0.15, 0.2) is 0 Å². The van der Waals surface area contributed by atoms with Crippen LogP contribution < -0.4 is 11.5 Å². The van der Waals surface area contributed by atoms with Crippen LogP contribution in [-0.4, -0.2) is 47.7 Å². The van der Waals surface area contributed by atoms with Crippen molar-refractivity contribution in [3.8, 4) is 0 Å². The third-order valence-corrected chi connectivity index (χ3v) is 3.11. The van der Waals surface area contributed by atoms with Gasteiger partial charge >= 0.3 is 0 Å². The number of primary amides is 1. The van der Waals surface area contributed by atoms with Crippen molar-refractivity contribution in [2.24, 2.45) is 11.5 Å². The largest absolute Gasteiger partial charge is 0.391 e. The second-order valence-electron chi connectivity index (χ2n) is 4.37. The number of carbonyl (C=O) groups excluding carboxylic acids is 1. The lowest BCUT2D eigenvalue weighted by Crippen LogP contribution is -2.51. The van der Waals surface area contributed by atoms with Gasteiger partial charge in [-0.05, 0) is 19.9 Å². The van der Waals surface area contributed by atoms with Crippen LogP contribution in [0.2, 0.25) is 0 Å². The molecule has 5 heteroatoms. The second kappa shape index (κ2) is 5.44. The maximum Gasteiger partial charge on any atom is 0.235 e. The van der Waals surface area contributed by atoms with E-state index in [1.807, 2.05) is 11.9 Å². The monoisotopic (exact) mass is 215 g/mol. The number of rotatable bonds is 4. The lowest BCUT2D eigenvalue weighted by Gasteiger charge is -2.35. The first kappa shape index (κ1) is 12.4. The predicted octanol–water partition coefficient (Wildman–Crippen LogP) is -0.966. The molecule has 0 aromatic heterocycles. The van der Waals surface area contributed by atoms with Crippen molar-refractivity contribution in [3.05, 3.63) is 0 Å². The minimum Gasteiger partial charge on any atom is -0.391 e. The minimum absolute atomic E-state index is 0.115. The molecular weight excluding hydrogens is 194 g/mol. The predicted molar refractivity (Wildman–Crippen MR) is 58.1 cm³/mol. The first-order valence-corrected chi connectivity index (χ1v) is 5.45. The highest BCUT2D eigenvalue weighted by Gasteiger charge is 2.27. The van der Waals surface area contributed by atoms with Crippen molar-refractivity contribution in [2.45, 2.75) is 43.9 Å². The summed E-state index contributed by atoms with van der Waals surface area (Å²) in [5.74, 6) is -0.493. The normalized spacial score (nSPS) is 29.1. The van der Waals surface area contributed by atoms with Crippen molar-refractivity contribution < 1.29 is 9.90 Å². The van der Waals surface area contributed by atoms with Crippen LogP contribution in [-0.2, 0) is 4.79 Å². The fraction of sp³-hybridized carbons (Fsp3) is 0.900. The number of nitrogens with two attached hydrogens (primary N) is 2. The van der Waals surface area contributed by atoms with Gasteiger partial charge in [-0.3, -0.25) is 9.69 Å². The van der Waals surface area contributed by atoms with E-state index in [4.69, 9.17) is 11.5 Å². The van der Waals surface area contributed by atoms with E-state index in [9.17, 15) is 9.90 Å². The fourth-order valence-corrected chi connectivity index (χ4v) is 2.14. The van der Waals surface area contributed by atoms with E-state index in [-0.39, 0.29) is 12.1 Å². The molecule has 1 fully saturated rings. The molecule has 5 N–H and O–H groups in total. The molecule has 0 saturated heterocycles. The zero-order valence-corrected chi connectivity index (χ0v) is 9.22. The fourth-order valence-electron chi connectivity index (χ4n) is 2.14. The molecule has 1 amide bonds. The summed E-state index contributed by atoms with van der Waals surface area (Å²) < 4.78 is 0. The van der Waals surface area contributed by atoms with Crippen LogP contribution in [0.3, 0.4) is 0 Å². The Hall–Kier alpha value is -0.650. The van der Waals surface area contributed by atoms with Gasteiger partial charge in [0.1, 0.15) is 0 Å². The zero-order chi connectivity index (χ0) is 11.4. The van der Waals surface area contributed by atoms with Gasteiger partial charge in [-0.1, -0.05) is 12.8 Å². The summed E-state index contributed by atoms with van der Waals surface area (Å²) in [5.41, 5.74) is 10.7. The molecule has 0 aromatic rings. The number of hydrogen-bond acceptors (Lipinski definition) is 4. The molecule has 15 heavy (non-hydrogen) atoms. The van der Waals surface area contributed by atoms with Gasteiger partial charge in [-0.2, -0.15) is 0 Å². The van der Waals surface area contributed by atoms with Gasteiger partial charge in [0.2, 0.25) is 5.91 Å². The quantitative estimate of drug-likeness (QED) is 0.563. The van der Waals surface area contributed by atoms with Crippen molar-refractivity contribution in [1.82, 2.24) is 4.90 Å². The van der Waals surface area contributed by atoms with Gasteiger partial charge in [0.15, 0.2) is 0 Å². The zero-order valence-electron chi connectivity index (χ0n) is 9.22. The molecule has 5 nitrogen and oxygen atoms in total. The molecule has 0 aromatic carbocycles. The SMILES string of the molecule is CN(CC(N)C(N)=O)C1CCCCC1O. The summed E-state index contributed by atoms with van der Waals surface area (Å²) in [6.45, 7) is 0.414. The van der Waals surface area contributed by atoms with E-state index in [2.05, 4.69) is 0 Å². The van der Waals surface area contributed by atoms with Crippen molar-refractivity contribution >= 4 is 5.91 Å². The second-order valence-corrected chi connectivity index (χ2v) is 4.37. The molecule has 0 heterocycles. The van der Waals surface area contributed by atoms with Crippen molar-refractivity contribution in [2.75, 3.05) is 13.6 Å². The van der Waals surface area contributed by atoms with E-state index < -0.39 is 11.9 Å². The summed E-state index contributed by atoms with van der Waals surface area (Å²) in [4.78, 5) is 12.8. The molecule has 1 rings (SSSR count). The Bertz CT molecular complexity index is 223. The molecule has 88 valence electrons. The van der Waals surface area contributed by atoms with E-state index >= 15 is 0 Å². The smallest absolute Gasteiger partial charge is 0.235 e. The maximum absolute atomic E-state index is 10.8. The van der Waals surface area contributed by atoms with Gasteiger partial charge in [0.05, 0.1) is 12.1 Å². The Balaban J connectivity index is 2.44. The van der Waals surface area contributed by atoms with Gasteiger partial charge in [-0.25, -0.2) is 0 Å². The number of nitrogens with zero attached hydrogens (tertiary/aromatic N) is 1. The van der Waals surface area contributed by atoms with E-state index in [0.29, 0.717) is 6.54 Å². The molecule has 0 bridgehead atoms. The lowest BCUT2D eigenvalue weighted by molar-refractivity contribution is -0.119. The summed E-state index contributed by atoms with van der Waals surface area (Å²) in [7, 11) is 1.88. The van der Waals surface area contributed by atoms with Crippen LogP contribution >= 0.6 is 0 Å². The Morgan fingerprint density at radius 2 is 2.13 bits per heavy atom. The maximum atomic E-state index is 10.8. The van der Waals surface area contributed by atoms with Gasteiger partial charge in [0, 0.05) is 12.6 Å². The average Bonchev–Trinajstić information content (AvgIpc) is 2.18. The summed E-state index contributed by atoms with van der Waals surface area (Å²) in [6.07, 6.45) is 3.69. The molecule has 1 aliphatic rings. The van der Waals surface area contributed by atoms with Crippen LogP contribution in [0.5, 0.6) is 0 Å². The standard InChI is InChI=1S/C10H21N3O2/c1-13(6-7(11)10(12)15)8-4-2-3-5-9(8)14/h7-9,14H,2-6,11H2,1H3,(H2,12,15). The third-order valence-electron chi connectivity index (χ3n) is 3.11. The molecule has 3 unspecified atom stereocenters. The first-order chi connectivity index (χ1) is 7.02. The Labute approximate surface area is 90.4 Å². The summed E-state index contributed by atoms with van der Waals surface area (Å²) in [5, 5.41) is 9.79. The molecule has 0 spiro atoms. The highest BCUT2D eigenvalue weighted by Crippen LogP contribution is 2.22. The van der Waals surface area contributed by atoms with Crippen LogP contribution in [0, 0.1) is 0 Å². The van der Waals surface area contributed by atoms with Crippen LogP contribution in [0.4, 0.5) is 0 Å². The molecular formula is C10H21N3O2. The molecule has 1 aliphatic carbocycles. The van der Waals surface area contributed by atoms with Gasteiger partial charge in [0.25, 0.3) is 0 Å². The Kier molecular flexibility index (Phi) is 4.50. The number of hydrogen-bond donors (Lipinski definition) is 3. The number of carbonyl (C=O) groups is 1. The topological polar surface area (TPSA) is 92.6 Å². The van der Waals surface area contributed by atoms with Crippen LogP contribution in [0.25, 0.3) is 0 Å². The van der Waals surface area contributed by atoms with E-state index in [0.717, 1.165) is 25.7 Å². The lowest BCUT2D eigenvalue weighted by atomic mass is 9.91. The Morgan fingerprint density at radius 1 is 1.53 bits per heavy atom. The average molecular weight is 215 g/mol. The third kappa shape index (κ3) is 3.44. The highest BCUT2D eigenvalue weighted by atomic mass is 16.3. The first-order valence-electron chi connectivity index (χ1n) is 5.45. The summed E-state index contributed by atoms with van der Waals surface area (Å²) in [6, 6.07) is -0.534. The highest BCUT2D eigenvalue weighted by molar-refractivity contribution is 5.79. The molecule has 3 atom stereocenters. The van der Waals surface area contributed by atoms with E-state index in [1.54, 1.807) is 0 Å². The van der Waals surface area contributed by atoms with E-state index in [1.165, 1.54) is 0 Å². The van der Waals surface area contributed by atoms with Crippen molar-refractivity contribution in [1.29, 1.82) is 0 Å². The Morgan fingerprint density at radius 3 is 2.67 bits per heavy atom. The number of amides is 1. The minimum atomic E-state index is -0.649. The number of aliphatic hydroxyl groups is 1. The van der Waals surface area contributed by atoms with Gasteiger partial charge < -0.3 is 16.6 Å². The van der Waals surface area contributed by atoms with Crippen LogP contribution in [0.1, 0.15) is 25.7 Å². The van der Waals surface area contributed by atoms with Crippen molar-refractivity contribution in [3.63, 3.8) is 0 Å². The van der Waals surface area contributed by atoms with Gasteiger partial charge in [-0.15, -0.1) is 0 Å². The molecule has 0 radical (unpaired) electrons. The molecule has 0 aliphatic heterocycles.